The molecular weight excluding hydrogens is 319 g/mol. The molecule has 0 aliphatic rings. The van der Waals surface area contributed by atoms with E-state index in [4.69, 9.17) is 9.15 Å². The minimum absolute atomic E-state index is 0.212. The molecule has 0 fully saturated rings. The number of benzene rings is 2. The number of ether oxygens (including phenoxy) is 1. The molecular formula is C21H19FO3. The van der Waals surface area contributed by atoms with Crippen LogP contribution in [0.25, 0.3) is 11.3 Å². The molecule has 0 saturated carbocycles. The second kappa shape index (κ2) is 8.29. The maximum atomic E-state index is 12.9. The molecule has 4 heteroatoms. The second-order valence-electron chi connectivity index (χ2n) is 5.78. The van der Waals surface area contributed by atoms with Crippen LogP contribution in [0.15, 0.2) is 65.3 Å². The number of aryl methyl sites for hydroxylation is 1. The average molecular weight is 338 g/mol. The summed E-state index contributed by atoms with van der Waals surface area (Å²) in [6, 6.07) is 15.5. The van der Waals surface area contributed by atoms with Crippen LogP contribution in [0.2, 0.25) is 0 Å². The largest absolute Gasteiger partial charge is 0.493 e. The van der Waals surface area contributed by atoms with Crippen molar-refractivity contribution in [1.29, 1.82) is 0 Å². The first kappa shape index (κ1) is 17.0. The summed E-state index contributed by atoms with van der Waals surface area (Å²) in [7, 11) is 0. The highest BCUT2D eigenvalue weighted by molar-refractivity contribution is 5.80. The van der Waals surface area contributed by atoms with E-state index in [1.54, 1.807) is 30.5 Å². The van der Waals surface area contributed by atoms with E-state index in [1.807, 2.05) is 18.2 Å². The van der Waals surface area contributed by atoms with Crippen molar-refractivity contribution >= 4 is 6.29 Å². The zero-order valence-electron chi connectivity index (χ0n) is 13.8. The zero-order valence-corrected chi connectivity index (χ0v) is 13.8. The van der Waals surface area contributed by atoms with Gasteiger partial charge >= 0.3 is 0 Å². The van der Waals surface area contributed by atoms with Crippen molar-refractivity contribution in [2.24, 2.45) is 0 Å². The van der Waals surface area contributed by atoms with Crippen LogP contribution in [0, 0.1) is 5.82 Å². The third-order valence-corrected chi connectivity index (χ3v) is 3.96. The maximum Gasteiger partial charge on any atom is 0.150 e. The van der Waals surface area contributed by atoms with Crippen molar-refractivity contribution in [3.8, 4) is 17.1 Å². The van der Waals surface area contributed by atoms with E-state index >= 15 is 0 Å². The van der Waals surface area contributed by atoms with Crippen LogP contribution in [0.4, 0.5) is 4.39 Å². The van der Waals surface area contributed by atoms with E-state index < -0.39 is 0 Å². The molecule has 0 bridgehead atoms. The zero-order chi connectivity index (χ0) is 17.5. The monoisotopic (exact) mass is 338 g/mol. The lowest BCUT2D eigenvalue weighted by atomic mass is 10.1. The van der Waals surface area contributed by atoms with Crippen molar-refractivity contribution in [1.82, 2.24) is 0 Å². The summed E-state index contributed by atoms with van der Waals surface area (Å²) in [5, 5.41) is 0. The second-order valence-corrected chi connectivity index (χ2v) is 5.78. The molecule has 2 aromatic carbocycles. The van der Waals surface area contributed by atoms with E-state index in [0.29, 0.717) is 23.7 Å². The van der Waals surface area contributed by atoms with Crippen molar-refractivity contribution < 1.29 is 18.3 Å². The molecule has 0 amide bonds. The Labute approximate surface area is 146 Å². The molecule has 128 valence electrons. The standard InChI is InChI=1S/C21H19FO3/c22-18-9-6-16(7-10-18)4-1-2-12-24-21-11-8-17(15-23)14-19(21)20-5-3-13-25-20/h3,5-11,13-15H,1-2,4,12H2. The Morgan fingerprint density at radius 3 is 2.60 bits per heavy atom. The lowest BCUT2D eigenvalue weighted by Crippen LogP contribution is -2.00. The summed E-state index contributed by atoms with van der Waals surface area (Å²) in [4.78, 5) is 11.0. The van der Waals surface area contributed by atoms with Gasteiger partial charge in [0.1, 0.15) is 23.6 Å². The molecule has 0 spiro atoms. The van der Waals surface area contributed by atoms with Crippen molar-refractivity contribution in [2.45, 2.75) is 19.3 Å². The van der Waals surface area contributed by atoms with E-state index in [0.717, 1.165) is 36.7 Å². The van der Waals surface area contributed by atoms with Gasteiger partial charge in [0.25, 0.3) is 0 Å². The molecule has 0 aliphatic heterocycles. The first-order valence-electron chi connectivity index (χ1n) is 8.26. The number of aldehydes is 1. The highest BCUT2D eigenvalue weighted by Crippen LogP contribution is 2.31. The lowest BCUT2D eigenvalue weighted by molar-refractivity contribution is 0.112. The van der Waals surface area contributed by atoms with Crippen molar-refractivity contribution in [2.75, 3.05) is 6.61 Å². The van der Waals surface area contributed by atoms with Gasteiger partial charge in [-0.25, -0.2) is 4.39 Å². The molecule has 0 saturated heterocycles. The van der Waals surface area contributed by atoms with E-state index in [-0.39, 0.29) is 5.82 Å². The Morgan fingerprint density at radius 2 is 1.88 bits per heavy atom. The number of hydrogen-bond donors (Lipinski definition) is 0. The minimum atomic E-state index is -0.212. The number of carbonyl (C=O) groups is 1. The molecule has 0 unspecified atom stereocenters. The Bertz CT molecular complexity index is 808. The van der Waals surface area contributed by atoms with Crippen molar-refractivity contribution in [3.05, 3.63) is 77.8 Å². The molecule has 25 heavy (non-hydrogen) atoms. The molecule has 1 aromatic heterocycles. The number of unbranched alkanes of at least 4 members (excludes halogenated alkanes) is 1. The molecule has 0 atom stereocenters. The molecule has 1 heterocycles. The minimum Gasteiger partial charge on any atom is -0.493 e. The number of carbonyl (C=O) groups excluding carboxylic acids is 1. The fraction of sp³-hybridized carbons (Fsp3) is 0.190. The first-order chi connectivity index (χ1) is 12.3. The highest BCUT2D eigenvalue weighted by Gasteiger charge is 2.10. The summed E-state index contributed by atoms with van der Waals surface area (Å²) in [6.07, 6.45) is 5.12. The highest BCUT2D eigenvalue weighted by atomic mass is 19.1. The summed E-state index contributed by atoms with van der Waals surface area (Å²) < 4.78 is 24.2. The van der Waals surface area contributed by atoms with E-state index in [9.17, 15) is 9.18 Å². The normalized spacial score (nSPS) is 10.6. The number of halogens is 1. The van der Waals surface area contributed by atoms with Crippen LogP contribution in [0.1, 0.15) is 28.8 Å². The average Bonchev–Trinajstić information content (AvgIpc) is 3.17. The Morgan fingerprint density at radius 1 is 1.04 bits per heavy atom. The van der Waals surface area contributed by atoms with Gasteiger partial charge in [-0.15, -0.1) is 0 Å². The third-order valence-electron chi connectivity index (χ3n) is 3.96. The van der Waals surface area contributed by atoms with Crippen LogP contribution in [0.3, 0.4) is 0 Å². The van der Waals surface area contributed by atoms with Gasteiger partial charge in [-0.2, -0.15) is 0 Å². The Balaban J connectivity index is 1.56. The lowest BCUT2D eigenvalue weighted by Gasteiger charge is -2.11. The Hall–Kier alpha value is -2.88. The van der Waals surface area contributed by atoms with Crippen LogP contribution < -0.4 is 4.74 Å². The van der Waals surface area contributed by atoms with E-state index in [1.165, 1.54) is 12.1 Å². The fourth-order valence-corrected chi connectivity index (χ4v) is 2.64. The fourth-order valence-electron chi connectivity index (χ4n) is 2.64. The molecule has 0 radical (unpaired) electrons. The van der Waals surface area contributed by atoms with Gasteiger partial charge in [0.05, 0.1) is 18.4 Å². The van der Waals surface area contributed by atoms with Gasteiger partial charge in [-0.1, -0.05) is 12.1 Å². The SMILES string of the molecule is O=Cc1ccc(OCCCCc2ccc(F)cc2)c(-c2ccco2)c1. The molecule has 3 rings (SSSR count). The van der Waals surface area contributed by atoms with Crippen LogP contribution in [0.5, 0.6) is 5.75 Å². The predicted molar refractivity (Wildman–Crippen MR) is 94.4 cm³/mol. The van der Waals surface area contributed by atoms with Gasteiger partial charge in [0.2, 0.25) is 0 Å². The maximum absolute atomic E-state index is 12.9. The van der Waals surface area contributed by atoms with Crippen LogP contribution in [-0.2, 0) is 6.42 Å². The number of furan rings is 1. The topological polar surface area (TPSA) is 39.4 Å². The van der Waals surface area contributed by atoms with Gasteiger partial charge in [-0.05, 0) is 67.3 Å². The first-order valence-corrected chi connectivity index (χ1v) is 8.26. The predicted octanol–water partition coefficient (Wildman–Crippen LogP) is 5.30. The summed E-state index contributed by atoms with van der Waals surface area (Å²) in [5.41, 5.74) is 2.47. The number of rotatable bonds is 8. The number of hydrogen-bond acceptors (Lipinski definition) is 3. The Kier molecular flexibility index (Phi) is 5.62. The molecule has 3 nitrogen and oxygen atoms in total. The smallest absolute Gasteiger partial charge is 0.150 e. The summed E-state index contributed by atoms with van der Waals surface area (Å²) in [6.45, 7) is 0.565. The van der Waals surface area contributed by atoms with Gasteiger partial charge < -0.3 is 9.15 Å². The van der Waals surface area contributed by atoms with Crippen LogP contribution >= 0.6 is 0 Å². The van der Waals surface area contributed by atoms with Gasteiger partial charge in [0, 0.05) is 5.56 Å². The van der Waals surface area contributed by atoms with Gasteiger partial charge in [-0.3, -0.25) is 4.79 Å². The van der Waals surface area contributed by atoms with Crippen LogP contribution in [-0.4, -0.2) is 12.9 Å². The molecule has 3 aromatic rings. The van der Waals surface area contributed by atoms with Crippen molar-refractivity contribution in [3.63, 3.8) is 0 Å². The summed E-state index contributed by atoms with van der Waals surface area (Å²) >= 11 is 0. The molecule has 0 N–H and O–H groups in total. The quantitative estimate of drug-likeness (QED) is 0.413. The third kappa shape index (κ3) is 4.57. The molecule has 0 aliphatic carbocycles. The van der Waals surface area contributed by atoms with Gasteiger partial charge in [0.15, 0.2) is 0 Å². The summed E-state index contributed by atoms with van der Waals surface area (Å²) in [5.74, 6) is 1.16. The van der Waals surface area contributed by atoms with E-state index in [2.05, 4.69) is 0 Å².